The molecule has 4 aromatic carbocycles. The molecule has 2 heteroatoms. The van der Waals surface area contributed by atoms with Crippen molar-refractivity contribution in [3.8, 4) is 0 Å². The molecule has 0 aliphatic heterocycles. The molecule has 4 rings (SSSR count). The fourth-order valence-corrected chi connectivity index (χ4v) is 3.20. The third kappa shape index (κ3) is 3.87. The molecule has 0 aliphatic carbocycles. The van der Waals surface area contributed by atoms with E-state index >= 15 is 0 Å². The van der Waals surface area contributed by atoms with Crippen LogP contribution in [0.2, 0.25) is 0 Å². The van der Waals surface area contributed by atoms with Crippen LogP contribution in [0.1, 0.15) is 11.1 Å². The predicted molar refractivity (Wildman–Crippen MR) is 106 cm³/mol. The Kier molecular flexibility index (Phi) is 4.73. The Morgan fingerprint density at radius 2 is 0.920 bits per heavy atom. The summed E-state index contributed by atoms with van der Waals surface area (Å²) in [6, 6.07) is 30.2. The van der Waals surface area contributed by atoms with Gasteiger partial charge < -0.3 is 10.6 Å². The molecule has 4 aromatic rings. The number of nitrogens with one attached hydrogen (secondary N) is 2. The minimum Gasteiger partial charge on any atom is -0.300 e. The van der Waals surface area contributed by atoms with E-state index in [1.807, 2.05) is 0 Å². The van der Waals surface area contributed by atoms with Crippen LogP contribution in [-0.4, -0.2) is 6.67 Å². The predicted octanol–water partition coefficient (Wildman–Crippen LogP) is 4.83. The largest absolute Gasteiger partial charge is 0.300 e. The molecule has 0 amide bonds. The third-order valence-electron chi connectivity index (χ3n) is 4.54. The summed E-state index contributed by atoms with van der Waals surface area (Å²) in [5.74, 6) is 0. The molecule has 0 aliphatic rings. The van der Waals surface area contributed by atoms with Crippen LogP contribution in [-0.2, 0) is 13.1 Å². The summed E-state index contributed by atoms with van der Waals surface area (Å²) in [5, 5.41) is 12.1. The van der Waals surface area contributed by atoms with Gasteiger partial charge in [0.2, 0.25) is 0 Å². The number of hydrogen-bond donors (Lipinski definition) is 2. The summed E-state index contributed by atoms with van der Waals surface area (Å²) in [4.78, 5) is 0. The lowest BCUT2D eigenvalue weighted by Gasteiger charge is -2.09. The molecule has 0 spiro atoms. The zero-order valence-corrected chi connectivity index (χ0v) is 14.2. The number of fused-ring (bicyclic) bond motifs is 2. The maximum absolute atomic E-state index is 3.46. The number of rotatable bonds is 6. The molecule has 2 N–H and O–H groups in total. The van der Waals surface area contributed by atoms with Gasteiger partial charge in [0.25, 0.3) is 0 Å². The van der Waals surface area contributed by atoms with Crippen LogP contribution in [0.25, 0.3) is 21.5 Å². The summed E-state index contributed by atoms with van der Waals surface area (Å²) in [6.07, 6.45) is 0. The fourth-order valence-electron chi connectivity index (χ4n) is 3.20. The normalized spacial score (nSPS) is 11.2. The van der Waals surface area contributed by atoms with E-state index in [1.54, 1.807) is 0 Å². The zero-order valence-electron chi connectivity index (χ0n) is 14.2. The van der Waals surface area contributed by atoms with E-state index in [0.717, 1.165) is 19.8 Å². The summed E-state index contributed by atoms with van der Waals surface area (Å²) in [7, 11) is 0. The molecule has 0 saturated carbocycles. The van der Waals surface area contributed by atoms with Gasteiger partial charge in [0.1, 0.15) is 0 Å². The van der Waals surface area contributed by atoms with Crippen molar-refractivity contribution in [2.75, 3.05) is 6.67 Å². The van der Waals surface area contributed by atoms with Crippen LogP contribution in [0.5, 0.6) is 0 Å². The second-order valence-electron chi connectivity index (χ2n) is 6.39. The van der Waals surface area contributed by atoms with Crippen molar-refractivity contribution in [3.63, 3.8) is 0 Å². The second-order valence-corrected chi connectivity index (χ2v) is 6.39. The smallest absolute Gasteiger partial charge is 0.0459 e. The molecule has 0 radical (unpaired) electrons. The van der Waals surface area contributed by atoms with Crippen molar-refractivity contribution in [3.05, 3.63) is 96.1 Å². The Morgan fingerprint density at radius 3 is 1.40 bits per heavy atom. The number of benzene rings is 4. The van der Waals surface area contributed by atoms with Gasteiger partial charge in [-0.2, -0.15) is 0 Å². The zero-order chi connectivity index (χ0) is 16.9. The third-order valence-corrected chi connectivity index (χ3v) is 4.54. The van der Waals surface area contributed by atoms with Crippen molar-refractivity contribution < 1.29 is 0 Å². The van der Waals surface area contributed by atoms with Gasteiger partial charge in [0.05, 0.1) is 0 Å². The first-order chi connectivity index (χ1) is 12.4. The van der Waals surface area contributed by atoms with Crippen LogP contribution < -0.4 is 10.6 Å². The lowest BCUT2D eigenvalue weighted by Crippen LogP contribution is -2.28. The highest BCUT2D eigenvalue weighted by atomic mass is 15.0. The lowest BCUT2D eigenvalue weighted by molar-refractivity contribution is 0.582. The minimum atomic E-state index is 0.791. The molecular weight excluding hydrogens is 304 g/mol. The van der Waals surface area contributed by atoms with Gasteiger partial charge in [-0.3, -0.25) is 0 Å². The molecule has 124 valence electrons. The maximum atomic E-state index is 3.46. The first-order valence-corrected chi connectivity index (χ1v) is 8.75. The van der Waals surface area contributed by atoms with Gasteiger partial charge in [0.15, 0.2) is 0 Å². The van der Waals surface area contributed by atoms with E-state index in [4.69, 9.17) is 0 Å². The van der Waals surface area contributed by atoms with Crippen LogP contribution in [0.3, 0.4) is 0 Å². The average molecular weight is 326 g/mol. The average Bonchev–Trinajstić information content (AvgIpc) is 2.67. The van der Waals surface area contributed by atoms with E-state index in [9.17, 15) is 0 Å². The second kappa shape index (κ2) is 7.47. The van der Waals surface area contributed by atoms with Gasteiger partial charge in [-0.25, -0.2) is 0 Å². The van der Waals surface area contributed by atoms with Gasteiger partial charge in [-0.1, -0.05) is 72.8 Å². The van der Waals surface area contributed by atoms with E-state index < -0.39 is 0 Å². The van der Waals surface area contributed by atoms with E-state index in [2.05, 4.69) is 95.6 Å². The van der Waals surface area contributed by atoms with E-state index in [1.165, 1.54) is 32.7 Å². The molecule has 0 heterocycles. The molecule has 0 aromatic heterocycles. The molecule has 25 heavy (non-hydrogen) atoms. The lowest BCUT2D eigenvalue weighted by atomic mass is 10.1. The monoisotopic (exact) mass is 326 g/mol. The molecular formula is C23H22N2. The number of hydrogen-bond acceptors (Lipinski definition) is 2. The Labute approximate surface area is 148 Å². The molecule has 0 saturated heterocycles. The van der Waals surface area contributed by atoms with Crippen LogP contribution in [0.4, 0.5) is 0 Å². The van der Waals surface area contributed by atoms with Crippen molar-refractivity contribution in [2.24, 2.45) is 0 Å². The molecule has 2 nitrogen and oxygen atoms in total. The van der Waals surface area contributed by atoms with Crippen molar-refractivity contribution in [1.82, 2.24) is 10.6 Å². The van der Waals surface area contributed by atoms with Crippen molar-refractivity contribution >= 4 is 21.5 Å². The van der Waals surface area contributed by atoms with Crippen LogP contribution in [0, 0.1) is 0 Å². The summed E-state index contributed by atoms with van der Waals surface area (Å²) in [5.41, 5.74) is 2.62. The highest BCUT2D eigenvalue weighted by Crippen LogP contribution is 2.16. The van der Waals surface area contributed by atoms with Gasteiger partial charge in [0, 0.05) is 19.8 Å². The van der Waals surface area contributed by atoms with Gasteiger partial charge in [-0.15, -0.1) is 0 Å². The Bertz CT molecular complexity index is 910. The van der Waals surface area contributed by atoms with Crippen LogP contribution >= 0.6 is 0 Å². The maximum Gasteiger partial charge on any atom is 0.0459 e. The van der Waals surface area contributed by atoms with Crippen LogP contribution in [0.15, 0.2) is 84.9 Å². The topological polar surface area (TPSA) is 24.1 Å². The van der Waals surface area contributed by atoms with E-state index in [-0.39, 0.29) is 0 Å². The van der Waals surface area contributed by atoms with Crippen molar-refractivity contribution in [1.29, 1.82) is 0 Å². The van der Waals surface area contributed by atoms with Gasteiger partial charge in [-0.05, 0) is 44.8 Å². The highest BCUT2D eigenvalue weighted by Gasteiger charge is 1.98. The molecule has 0 atom stereocenters. The Balaban J connectivity index is 1.28. The first kappa shape index (κ1) is 15.8. The highest BCUT2D eigenvalue weighted by molar-refractivity contribution is 5.83. The molecule has 0 fully saturated rings. The fraction of sp³-hybridized carbons (Fsp3) is 0.130. The van der Waals surface area contributed by atoms with Crippen molar-refractivity contribution in [2.45, 2.75) is 13.1 Å². The van der Waals surface area contributed by atoms with E-state index in [0.29, 0.717) is 0 Å². The molecule has 0 unspecified atom stereocenters. The quantitative estimate of drug-likeness (QED) is 0.392. The SMILES string of the molecule is c1ccc2cc(CNCNCc3ccc4ccccc4c3)ccc2c1. The summed E-state index contributed by atoms with van der Waals surface area (Å²) >= 11 is 0. The standard InChI is InChI=1S/C23H22N2/c1-3-7-22-13-18(9-11-20(22)5-1)15-24-17-25-16-19-10-12-21-6-2-4-8-23(21)14-19/h1-14,24-25H,15-17H2. The minimum absolute atomic E-state index is 0.791. The first-order valence-electron chi connectivity index (χ1n) is 8.75. The summed E-state index contributed by atoms with van der Waals surface area (Å²) < 4.78 is 0. The Morgan fingerprint density at radius 1 is 0.480 bits per heavy atom. The Hall–Kier alpha value is -2.68. The summed E-state index contributed by atoms with van der Waals surface area (Å²) in [6.45, 7) is 2.53. The molecule has 0 bridgehead atoms. The van der Waals surface area contributed by atoms with Gasteiger partial charge >= 0.3 is 0 Å².